The highest BCUT2D eigenvalue weighted by Crippen LogP contribution is 2.24. The van der Waals surface area contributed by atoms with Crippen molar-refractivity contribution in [3.8, 4) is 17.1 Å². The van der Waals surface area contributed by atoms with Crippen molar-refractivity contribution >= 4 is 29.1 Å². The minimum absolute atomic E-state index is 0.306. The van der Waals surface area contributed by atoms with Crippen LogP contribution in [0.3, 0.4) is 0 Å². The number of nitrogens with zero attached hydrogens (tertiary/aromatic N) is 1. The normalized spacial score (nSPS) is 10.2. The quantitative estimate of drug-likeness (QED) is 0.723. The van der Waals surface area contributed by atoms with Crippen molar-refractivity contribution in [1.82, 2.24) is 5.16 Å². The molecule has 0 atom stereocenters. The highest BCUT2D eigenvalue weighted by Gasteiger charge is 2.10. The molecule has 0 spiro atoms. The number of nitrogens with one attached hydrogen (secondary N) is 2. The van der Waals surface area contributed by atoms with Crippen LogP contribution in [0.4, 0.5) is 16.3 Å². The standard InChI is InChI=1S/C17H14ClN3O3/c1-23-14-7-5-11(6-8-14)15-10-16(21-24-15)20-17(22)19-13-4-2-3-12(18)9-13/h2-10H,1H3,(H2,19,20,21,22). The Balaban J connectivity index is 1.65. The number of carbonyl (C=O) groups excluding carboxylic acids is 1. The molecular formula is C17H14ClN3O3. The number of hydrogen-bond acceptors (Lipinski definition) is 4. The second-order valence-electron chi connectivity index (χ2n) is 4.89. The highest BCUT2D eigenvalue weighted by atomic mass is 35.5. The molecule has 122 valence electrons. The first-order valence-corrected chi connectivity index (χ1v) is 7.46. The van der Waals surface area contributed by atoms with Gasteiger partial charge in [0.15, 0.2) is 11.6 Å². The van der Waals surface area contributed by atoms with E-state index < -0.39 is 6.03 Å². The number of anilines is 2. The van der Waals surface area contributed by atoms with E-state index in [1.807, 2.05) is 24.3 Å². The van der Waals surface area contributed by atoms with Crippen molar-refractivity contribution in [2.24, 2.45) is 0 Å². The van der Waals surface area contributed by atoms with Crippen molar-refractivity contribution in [2.45, 2.75) is 0 Å². The maximum atomic E-state index is 12.0. The first-order valence-electron chi connectivity index (χ1n) is 7.09. The van der Waals surface area contributed by atoms with Crippen LogP contribution < -0.4 is 15.4 Å². The van der Waals surface area contributed by atoms with E-state index in [0.29, 0.717) is 22.3 Å². The molecule has 0 aliphatic rings. The fourth-order valence-corrected chi connectivity index (χ4v) is 2.26. The van der Waals surface area contributed by atoms with Crippen LogP contribution in [0.2, 0.25) is 5.02 Å². The van der Waals surface area contributed by atoms with Gasteiger partial charge in [-0.3, -0.25) is 5.32 Å². The largest absolute Gasteiger partial charge is 0.497 e. The van der Waals surface area contributed by atoms with Crippen LogP contribution in [0.15, 0.2) is 59.1 Å². The van der Waals surface area contributed by atoms with E-state index in [4.69, 9.17) is 20.9 Å². The molecule has 24 heavy (non-hydrogen) atoms. The van der Waals surface area contributed by atoms with Crippen LogP contribution in [-0.2, 0) is 0 Å². The van der Waals surface area contributed by atoms with Crippen molar-refractivity contribution < 1.29 is 14.1 Å². The zero-order valence-electron chi connectivity index (χ0n) is 12.7. The molecule has 6 nitrogen and oxygen atoms in total. The van der Waals surface area contributed by atoms with Crippen molar-refractivity contribution in [3.05, 3.63) is 59.6 Å². The number of methoxy groups -OCH3 is 1. The van der Waals surface area contributed by atoms with E-state index in [1.165, 1.54) is 0 Å². The summed E-state index contributed by atoms with van der Waals surface area (Å²) < 4.78 is 10.3. The van der Waals surface area contributed by atoms with Gasteiger partial charge in [-0.15, -0.1) is 0 Å². The second-order valence-corrected chi connectivity index (χ2v) is 5.33. The number of benzene rings is 2. The Morgan fingerprint density at radius 1 is 1.12 bits per heavy atom. The van der Waals surface area contributed by atoms with E-state index in [-0.39, 0.29) is 0 Å². The fourth-order valence-electron chi connectivity index (χ4n) is 2.07. The lowest BCUT2D eigenvalue weighted by Gasteiger charge is -2.05. The average Bonchev–Trinajstić information content (AvgIpc) is 3.03. The molecule has 0 saturated carbocycles. The molecule has 0 radical (unpaired) electrons. The topological polar surface area (TPSA) is 76.4 Å². The molecule has 7 heteroatoms. The molecule has 0 bridgehead atoms. The molecule has 3 rings (SSSR count). The third kappa shape index (κ3) is 3.85. The van der Waals surface area contributed by atoms with Gasteiger partial charge in [0.05, 0.1) is 7.11 Å². The number of hydrogen-bond donors (Lipinski definition) is 2. The zero-order chi connectivity index (χ0) is 16.9. The zero-order valence-corrected chi connectivity index (χ0v) is 13.5. The van der Waals surface area contributed by atoms with Crippen LogP contribution in [0.5, 0.6) is 5.75 Å². The first-order chi connectivity index (χ1) is 11.6. The van der Waals surface area contributed by atoms with Gasteiger partial charge >= 0.3 is 6.03 Å². The smallest absolute Gasteiger partial charge is 0.324 e. The van der Waals surface area contributed by atoms with E-state index in [9.17, 15) is 4.79 Å². The Labute approximate surface area is 143 Å². The lowest BCUT2D eigenvalue weighted by Crippen LogP contribution is -2.19. The van der Waals surface area contributed by atoms with Crippen LogP contribution in [0.25, 0.3) is 11.3 Å². The van der Waals surface area contributed by atoms with Gasteiger partial charge in [-0.1, -0.05) is 22.8 Å². The SMILES string of the molecule is COc1ccc(-c2cc(NC(=O)Nc3cccc(Cl)c3)no2)cc1. The Kier molecular flexibility index (Phi) is 4.67. The summed E-state index contributed by atoms with van der Waals surface area (Å²) >= 11 is 5.87. The summed E-state index contributed by atoms with van der Waals surface area (Å²) in [6.07, 6.45) is 0. The molecule has 2 amide bonds. The van der Waals surface area contributed by atoms with Gasteiger partial charge in [-0.25, -0.2) is 4.79 Å². The predicted molar refractivity (Wildman–Crippen MR) is 92.6 cm³/mol. The number of ether oxygens (including phenoxy) is 1. The summed E-state index contributed by atoms with van der Waals surface area (Å²) in [6.45, 7) is 0. The van der Waals surface area contributed by atoms with Gasteiger partial charge in [0.25, 0.3) is 0 Å². The molecule has 1 heterocycles. The number of rotatable bonds is 4. The summed E-state index contributed by atoms with van der Waals surface area (Å²) in [5.74, 6) is 1.59. The van der Waals surface area contributed by atoms with E-state index >= 15 is 0 Å². The fraction of sp³-hybridized carbons (Fsp3) is 0.0588. The first kappa shape index (κ1) is 15.9. The summed E-state index contributed by atoms with van der Waals surface area (Å²) in [5, 5.41) is 9.63. The van der Waals surface area contributed by atoms with Gasteiger partial charge in [-0.05, 0) is 42.5 Å². The van der Waals surface area contributed by atoms with Gasteiger partial charge in [0.1, 0.15) is 5.75 Å². The molecule has 2 aromatic carbocycles. The molecule has 0 aliphatic carbocycles. The Morgan fingerprint density at radius 3 is 2.62 bits per heavy atom. The molecule has 1 aromatic heterocycles. The monoisotopic (exact) mass is 343 g/mol. The number of aromatic nitrogens is 1. The average molecular weight is 344 g/mol. The Bertz CT molecular complexity index is 846. The van der Waals surface area contributed by atoms with Crippen LogP contribution >= 0.6 is 11.6 Å². The number of urea groups is 1. The third-order valence-corrected chi connectivity index (χ3v) is 3.44. The van der Waals surface area contributed by atoms with Gasteiger partial charge in [-0.2, -0.15) is 0 Å². The van der Waals surface area contributed by atoms with Crippen molar-refractivity contribution in [3.63, 3.8) is 0 Å². The number of carbonyl (C=O) groups is 1. The predicted octanol–water partition coefficient (Wildman–Crippen LogP) is 4.65. The van der Waals surface area contributed by atoms with E-state index in [1.54, 1.807) is 37.4 Å². The molecule has 3 aromatic rings. The third-order valence-electron chi connectivity index (χ3n) is 3.21. The van der Waals surface area contributed by atoms with Gasteiger partial charge < -0.3 is 14.6 Å². The summed E-state index contributed by atoms with van der Waals surface area (Å²) in [4.78, 5) is 12.0. The lowest BCUT2D eigenvalue weighted by atomic mass is 10.2. The minimum atomic E-state index is -0.438. The highest BCUT2D eigenvalue weighted by molar-refractivity contribution is 6.30. The Morgan fingerprint density at radius 2 is 1.92 bits per heavy atom. The van der Waals surface area contributed by atoms with Gasteiger partial charge in [0, 0.05) is 22.3 Å². The van der Waals surface area contributed by atoms with E-state index in [2.05, 4.69) is 15.8 Å². The van der Waals surface area contributed by atoms with Crippen molar-refractivity contribution in [2.75, 3.05) is 17.7 Å². The van der Waals surface area contributed by atoms with Crippen molar-refractivity contribution in [1.29, 1.82) is 0 Å². The second kappa shape index (κ2) is 7.06. The maximum Gasteiger partial charge on any atom is 0.324 e. The molecule has 0 aliphatic heterocycles. The molecule has 0 unspecified atom stereocenters. The van der Waals surface area contributed by atoms with Crippen LogP contribution in [0, 0.1) is 0 Å². The molecular weight excluding hydrogens is 330 g/mol. The van der Waals surface area contributed by atoms with Crippen LogP contribution in [0.1, 0.15) is 0 Å². The summed E-state index contributed by atoms with van der Waals surface area (Å²) in [7, 11) is 1.60. The van der Waals surface area contributed by atoms with Crippen LogP contribution in [-0.4, -0.2) is 18.3 Å². The molecule has 0 saturated heterocycles. The minimum Gasteiger partial charge on any atom is -0.497 e. The summed E-state index contributed by atoms with van der Waals surface area (Å²) in [5.41, 5.74) is 1.41. The lowest BCUT2D eigenvalue weighted by molar-refractivity contribution is 0.262. The summed E-state index contributed by atoms with van der Waals surface area (Å²) in [6, 6.07) is 15.4. The number of halogens is 1. The Hall–Kier alpha value is -2.99. The maximum absolute atomic E-state index is 12.0. The molecule has 0 fully saturated rings. The van der Waals surface area contributed by atoms with Gasteiger partial charge in [0.2, 0.25) is 0 Å². The number of amides is 2. The molecule has 2 N–H and O–H groups in total. The van der Waals surface area contributed by atoms with E-state index in [0.717, 1.165) is 11.3 Å².